The zero-order valence-electron chi connectivity index (χ0n) is 15.8. The number of rotatable bonds is 5. The van der Waals surface area contributed by atoms with E-state index in [-0.39, 0.29) is 15.5 Å². The fourth-order valence-corrected chi connectivity index (χ4v) is 5.51. The van der Waals surface area contributed by atoms with E-state index in [0.717, 1.165) is 11.1 Å². The van der Waals surface area contributed by atoms with E-state index in [4.69, 9.17) is 0 Å². The highest BCUT2D eigenvalue weighted by atomic mass is 32.2. The molecule has 0 saturated heterocycles. The highest BCUT2D eigenvalue weighted by Crippen LogP contribution is 2.29. The Labute approximate surface area is 155 Å². The molecule has 0 aliphatic carbocycles. The molecule has 142 valence electrons. The Balaban J connectivity index is 2.58. The molecule has 0 atom stereocenters. The number of benzene rings is 2. The minimum atomic E-state index is -3.87. The Morgan fingerprint density at radius 2 is 1.27 bits per heavy atom. The maximum atomic E-state index is 13.0. The first-order chi connectivity index (χ1) is 11.9. The summed E-state index contributed by atoms with van der Waals surface area (Å²) in [5.74, 6) is 0. The van der Waals surface area contributed by atoms with Gasteiger partial charge in [-0.25, -0.2) is 21.6 Å². The summed E-state index contributed by atoms with van der Waals surface area (Å²) in [5, 5.41) is 0. The van der Waals surface area contributed by atoms with Crippen LogP contribution in [-0.2, 0) is 20.0 Å². The summed E-state index contributed by atoms with van der Waals surface area (Å²) in [7, 11) is -6.24. The fourth-order valence-electron chi connectivity index (χ4n) is 2.85. The van der Waals surface area contributed by atoms with Gasteiger partial charge in [0.25, 0.3) is 10.0 Å². The standard InChI is InChI=1S/C18H24N2O4S2/c1-11-7-8-16(10-17(11)25(21,22)19-6)20-26(23,24)18-14(4)12(2)9-13(3)15(18)5/h7-10,19-20H,1-6H3. The number of anilines is 1. The second kappa shape index (κ2) is 7.02. The predicted octanol–water partition coefficient (Wildman–Crippen LogP) is 2.94. The third kappa shape index (κ3) is 3.77. The Morgan fingerprint density at radius 3 is 1.77 bits per heavy atom. The van der Waals surface area contributed by atoms with Crippen molar-refractivity contribution in [3.63, 3.8) is 0 Å². The van der Waals surface area contributed by atoms with Crippen molar-refractivity contribution in [1.82, 2.24) is 4.72 Å². The maximum absolute atomic E-state index is 13.0. The number of sulfonamides is 2. The lowest BCUT2D eigenvalue weighted by molar-refractivity contribution is 0.587. The lowest BCUT2D eigenvalue weighted by Crippen LogP contribution is -2.21. The maximum Gasteiger partial charge on any atom is 0.262 e. The van der Waals surface area contributed by atoms with Crippen molar-refractivity contribution in [3.05, 3.63) is 52.1 Å². The van der Waals surface area contributed by atoms with E-state index in [1.807, 2.05) is 19.9 Å². The van der Waals surface area contributed by atoms with Crippen molar-refractivity contribution < 1.29 is 16.8 Å². The molecule has 2 aromatic rings. The van der Waals surface area contributed by atoms with Gasteiger partial charge in [-0.2, -0.15) is 0 Å². The zero-order valence-corrected chi connectivity index (χ0v) is 17.4. The fraction of sp³-hybridized carbons (Fsp3) is 0.333. The molecule has 8 heteroatoms. The van der Waals surface area contributed by atoms with Gasteiger partial charge in [-0.3, -0.25) is 4.72 Å². The number of hydrogen-bond donors (Lipinski definition) is 2. The topological polar surface area (TPSA) is 92.3 Å². The second-order valence-corrected chi connectivity index (χ2v) is 9.86. The Hall–Kier alpha value is -1.90. The summed E-state index contributed by atoms with van der Waals surface area (Å²) >= 11 is 0. The molecular weight excluding hydrogens is 372 g/mol. The summed E-state index contributed by atoms with van der Waals surface area (Å²) in [6.07, 6.45) is 0. The molecule has 2 aromatic carbocycles. The lowest BCUT2D eigenvalue weighted by Gasteiger charge is -2.17. The average Bonchev–Trinajstić information content (AvgIpc) is 2.54. The molecule has 0 heterocycles. The van der Waals surface area contributed by atoms with Gasteiger partial charge in [0.05, 0.1) is 15.5 Å². The zero-order chi connectivity index (χ0) is 19.9. The van der Waals surface area contributed by atoms with E-state index >= 15 is 0 Å². The summed E-state index contributed by atoms with van der Waals surface area (Å²) in [5.41, 5.74) is 3.85. The Morgan fingerprint density at radius 1 is 0.731 bits per heavy atom. The van der Waals surface area contributed by atoms with Crippen molar-refractivity contribution in [2.24, 2.45) is 0 Å². The van der Waals surface area contributed by atoms with Gasteiger partial charge in [0.2, 0.25) is 10.0 Å². The highest BCUT2D eigenvalue weighted by molar-refractivity contribution is 7.92. The van der Waals surface area contributed by atoms with Crippen LogP contribution in [0.4, 0.5) is 5.69 Å². The molecular formula is C18H24N2O4S2. The van der Waals surface area contributed by atoms with Crippen LogP contribution in [0.3, 0.4) is 0 Å². The van der Waals surface area contributed by atoms with Crippen molar-refractivity contribution in [3.8, 4) is 0 Å². The first-order valence-electron chi connectivity index (χ1n) is 8.05. The molecule has 0 aliphatic heterocycles. The molecule has 0 bridgehead atoms. The highest BCUT2D eigenvalue weighted by Gasteiger charge is 2.23. The van der Waals surface area contributed by atoms with Gasteiger partial charge in [-0.1, -0.05) is 12.1 Å². The van der Waals surface area contributed by atoms with Gasteiger partial charge in [0.1, 0.15) is 0 Å². The molecule has 0 aromatic heterocycles. The van der Waals surface area contributed by atoms with Gasteiger partial charge in [0, 0.05) is 0 Å². The smallest absolute Gasteiger partial charge is 0.262 e. The Bertz CT molecular complexity index is 1050. The van der Waals surface area contributed by atoms with Gasteiger partial charge < -0.3 is 0 Å². The van der Waals surface area contributed by atoms with Crippen LogP contribution in [0.1, 0.15) is 27.8 Å². The lowest BCUT2D eigenvalue weighted by atomic mass is 10.0. The van der Waals surface area contributed by atoms with Crippen LogP contribution in [0.5, 0.6) is 0 Å². The molecule has 2 N–H and O–H groups in total. The van der Waals surface area contributed by atoms with E-state index in [0.29, 0.717) is 16.7 Å². The van der Waals surface area contributed by atoms with E-state index in [1.165, 1.54) is 13.1 Å². The van der Waals surface area contributed by atoms with E-state index < -0.39 is 20.0 Å². The molecule has 0 spiro atoms. The first kappa shape index (κ1) is 20.4. The van der Waals surface area contributed by atoms with Crippen molar-refractivity contribution >= 4 is 25.7 Å². The number of hydrogen-bond acceptors (Lipinski definition) is 4. The third-order valence-corrected chi connectivity index (χ3v) is 7.78. The number of aryl methyl sites for hydroxylation is 3. The second-order valence-electron chi connectivity index (χ2n) is 6.38. The predicted molar refractivity (Wildman–Crippen MR) is 104 cm³/mol. The van der Waals surface area contributed by atoms with Crippen molar-refractivity contribution in [1.29, 1.82) is 0 Å². The third-order valence-electron chi connectivity index (χ3n) is 4.56. The summed E-state index contributed by atoms with van der Waals surface area (Å²) in [4.78, 5) is 0.266. The van der Waals surface area contributed by atoms with E-state index in [9.17, 15) is 16.8 Å². The molecule has 0 aliphatic rings. The average molecular weight is 397 g/mol. The molecule has 26 heavy (non-hydrogen) atoms. The molecule has 6 nitrogen and oxygen atoms in total. The van der Waals surface area contributed by atoms with E-state index in [1.54, 1.807) is 32.9 Å². The van der Waals surface area contributed by atoms with Crippen LogP contribution in [0.25, 0.3) is 0 Å². The minimum Gasteiger partial charge on any atom is -0.280 e. The van der Waals surface area contributed by atoms with Crippen molar-refractivity contribution in [2.75, 3.05) is 11.8 Å². The quantitative estimate of drug-likeness (QED) is 0.813. The van der Waals surface area contributed by atoms with E-state index in [2.05, 4.69) is 9.44 Å². The molecule has 0 amide bonds. The molecule has 0 fully saturated rings. The minimum absolute atomic E-state index is 0.0362. The van der Waals surface area contributed by atoms with Crippen LogP contribution in [0, 0.1) is 34.6 Å². The SMILES string of the molecule is CNS(=O)(=O)c1cc(NS(=O)(=O)c2c(C)c(C)cc(C)c2C)ccc1C. The Kier molecular flexibility index (Phi) is 5.51. The van der Waals surface area contributed by atoms with Gasteiger partial charge in [0.15, 0.2) is 0 Å². The van der Waals surface area contributed by atoms with Gasteiger partial charge in [-0.05, 0) is 81.6 Å². The monoisotopic (exact) mass is 396 g/mol. The largest absolute Gasteiger partial charge is 0.280 e. The molecule has 0 radical (unpaired) electrons. The molecule has 0 saturated carbocycles. The van der Waals surface area contributed by atoms with Crippen LogP contribution in [-0.4, -0.2) is 23.9 Å². The van der Waals surface area contributed by atoms with Gasteiger partial charge in [-0.15, -0.1) is 0 Å². The van der Waals surface area contributed by atoms with Crippen molar-refractivity contribution in [2.45, 2.75) is 44.4 Å². The first-order valence-corrected chi connectivity index (χ1v) is 11.0. The summed E-state index contributed by atoms with van der Waals surface area (Å²) < 4.78 is 55.0. The summed E-state index contributed by atoms with van der Waals surface area (Å²) in [6.45, 7) is 8.92. The number of nitrogens with one attached hydrogen (secondary N) is 2. The molecule has 0 unspecified atom stereocenters. The van der Waals surface area contributed by atoms with Crippen LogP contribution in [0.2, 0.25) is 0 Å². The summed E-state index contributed by atoms with van der Waals surface area (Å²) in [6, 6.07) is 6.40. The molecule has 2 rings (SSSR count). The normalized spacial score (nSPS) is 12.2. The van der Waals surface area contributed by atoms with Crippen LogP contribution in [0.15, 0.2) is 34.1 Å². The van der Waals surface area contributed by atoms with Crippen LogP contribution >= 0.6 is 0 Å². The van der Waals surface area contributed by atoms with Crippen LogP contribution < -0.4 is 9.44 Å². The van der Waals surface area contributed by atoms with Gasteiger partial charge >= 0.3 is 0 Å².